The van der Waals surface area contributed by atoms with Gasteiger partial charge in [0.2, 0.25) is 5.91 Å². The highest BCUT2D eigenvalue weighted by Gasteiger charge is 2.22. The molecule has 0 saturated carbocycles. The molecule has 0 bridgehead atoms. The maximum Gasteiger partial charge on any atom is 0.234 e. The van der Waals surface area contributed by atoms with E-state index in [-0.39, 0.29) is 5.91 Å². The van der Waals surface area contributed by atoms with E-state index in [0.29, 0.717) is 0 Å². The Kier molecular flexibility index (Phi) is 3.42. The zero-order valence-electron chi connectivity index (χ0n) is 9.52. The summed E-state index contributed by atoms with van der Waals surface area (Å²) in [5.74, 6) is -0.138. The fourth-order valence-corrected chi connectivity index (χ4v) is 2.70. The molecule has 1 N–H and O–H groups in total. The van der Waals surface area contributed by atoms with Crippen LogP contribution in [-0.2, 0) is 4.79 Å². The van der Waals surface area contributed by atoms with E-state index in [1.54, 1.807) is 12.5 Å². The minimum Gasteiger partial charge on any atom is -0.333 e. The Morgan fingerprint density at radius 2 is 1.73 bits per heavy atom. The summed E-state index contributed by atoms with van der Waals surface area (Å²) in [4.78, 5) is 11.5. The number of rotatable bonds is 2. The second-order valence-corrected chi connectivity index (χ2v) is 6.67. The first-order valence-corrected chi connectivity index (χ1v) is 7.02. The summed E-state index contributed by atoms with van der Waals surface area (Å²) in [6.07, 6.45) is 3.35. The van der Waals surface area contributed by atoms with E-state index in [1.807, 2.05) is 31.2 Å². The van der Waals surface area contributed by atoms with Crippen molar-refractivity contribution in [3.8, 4) is 0 Å². The summed E-state index contributed by atoms with van der Waals surface area (Å²) >= 11 is 0. The smallest absolute Gasteiger partial charge is 0.234 e. The highest BCUT2D eigenvalue weighted by Crippen LogP contribution is 2.42. The second kappa shape index (κ2) is 4.24. The molecular weight excluding hydrogens is 210 g/mol. The first-order chi connectivity index (χ1) is 6.82. The first kappa shape index (κ1) is 12.1. The van der Waals surface area contributed by atoms with Crippen LogP contribution in [-0.4, -0.2) is 23.0 Å². The summed E-state index contributed by atoms with van der Waals surface area (Å²) in [5, 5.41) is 0. The largest absolute Gasteiger partial charge is 0.333 e. The average Bonchev–Trinajstić information content (AvgIpc) is 2.05. The molecule has 0 atom stereocenters. The molecule has 0 fully saturated rings. The fourth-order valence-electron chi connectivity index (χ4n) is 1.43. The molecule has 0 aliphatic rings. The van der Waals surface area contributed by atoms with Crippen molar-refractivity contribution in [1.29, 1.82) is 0 Å². The highest BCUT2D eigenvalue weighted by atomic mass is 32.3. The molecule has 0 aliphatic heterocycles. The lowest BCUT2D eigenvalue weighted by atomic mass is 10.2. The van der Waals surface area contributed by atoms with Crippen LogP contribution in [0.5, 0.6) is 0 Å². The zero-order chi connectivity index (χ0) is 11.6. The summed E-state index contributed by atoms with van der Waals surface area (Å²) in [5.41, 5.74) is 1.88. The normalized spacial score (nSPS) is 12.3. The van der Waals surface area contributed by atoms with Crippen LogP contribution in [0.3, 0.4) is 0 Å². The Balaban J connectivity index is 3.11. The lowest BCUT2D eigenvalue weighted by molar-refractivity contribution is -0.115. The van der Waals surface area contributed by atoms with Gasteiger partial charge in [0, 0.05) is 19.4 Å². The minimum atomic E-state index is -2.05. The van der Waals surface area contributed by atoms with Crippen molar-refractivity contribution in [3.63, 3.8) is 0 Å². The van der Waals surface area contributed by atoms with Crippen molar-refractivity contribution in [2.75, 3.05) is 16.8 Å². The molecule has 0 aromatic heterocycles. The van der Waals surface area contributed by atoms with Crippen molar-refractivity contribution >= 4 is 22.1 Å². The van der Waals surface area contributed by atoms with Gasteiger partial charge in [0.15, 0.2) is 0 Å². The number of aryl methyl sites for hydroxylation is 1. The van der Waals surface area contributed by atoms with Gasteiger partial charge in [-0.05, 0) is 19.1 Å². The Labute approximate surface area is 92.4 Å². The van der Waals surface area contributed by atoms with Crippen LogP contribution in [0.25, 0.3) is 0 Å². The van der Waals surface area contributed by atoms with Crippen LogP contribution in [0.15, 0.2) is 24.3 Å². The highest BCUT2D eigenvalue weighted by molar-refractivity contribution is 8.29. The van der Waals surface area contributed by atoms with Gasteiger partial charge in [0.1, 0.15) is 0 Å². The minimum absolute atomic E-state index is 0.138. The molecule has 1 aromatic carbocycles. The quantitative estimate of drug-likeness (QED) is 0.844. The lowest BCUT2D eigenvalue weighted by Crippen LogP contribution is -2.30. The van der Waals surface area contributed by atoms with E-state index < -0.39 is 10.5 Å². The standard InChI is InChI=1S/C11H17NO2S/c1-9-5-7-11(8-6-9)12(10(2)13)15(3,4)14/h5-8,14H,1-4H3. The van der Waals surface area contributed by atoms with Crippen molar-refractivity contribution in [1.82, 2.24) is 0 Å². The fraction of sp³-hybridized carbons (Fsp3) is 0.364. The molecule has 1 rings (SSSR count). The van der Waals surface area contributed by atoms with Gasteiger partial charge in [0.05, 0.1) is 5.69 Å². The Morgan fingerprint density at radius 1 is 1.27 bits per heavy atom. The van der Waals surface area contributed by atoms with E-state index in [2.05, 4.69) is 0 Å². The number of nitrogens with zero attached hydrogens (tertiary/aromatic N) is 1. The SMILES string of the molecule is CC(=O)N(c1ccc(C)cc1)S(C)(C)O. The molecule has 1 aromatic rings. The summed E-state index contributed by atoms with van der Waals surface area (Å²) in [7, 11) is -2.05. The third-order valence-corrected chi connectivity index (χ3v) is 3.36. The van der Waals surface area contributed by atoms with Gasteiger partial charge in [0.25, 0.3) is 0 Å². The maximum absolute atomic E-state index is 11.5. The van der Waals surface area contributed by atoms with Gasteiger partial charge in [-0.2, -0.15) is 0 Å². The molecule has 0 spiro atoms. The van der Waals surface area contributed by atoms with Crippen LogP contribution in [0.2, 0.25) is 0 Å². The molecule has 15 heavy (non-hydrogen) atoms. The number of anilines is 1. The molecule has 0 saturated heterocycles. The number of carbonyl (C=O) groups excluding carboxylic acids is 1. The molecule has 0 unspecified atom stereocenters. The predicted molar refractivity (Wildman–Crippen MR) is 66.4 cm³/mol. The number of benzene rings is 1. The van der Waals surface area contributed by atoms with E-state index in [1.165, 1.54) is 11.2 Å². The summed E-state index contributed by atoms with van der Waals surface area (Å²) in [6.45, 7) is 3.45. The molecule has 0 heterocycles. The van der Waals surface area contributed by atoms with Gasteiger partial charge in [-0.15, -0.1) is 0 Å². The molecule has 0 radical (unpaired) electrons. The Bertz CT molecular complexity index is 354. The second-order valence-electron chi connectivity index (χ2n) is 3.87. The molecular formula is C11H17NO2S. The topological polar surface area (TPSA) is 40.5 Å². The molecule has 3 nitrogen and oxygen atoms in total. The van der Waals surface area contributed by atoms with Crippen LogP contribution in [0, 0.1) is 6.92 Å². The zero-order valence-corrected chi connectivity index (χ0v) is 10.3. The molecule has 84 valence electrons. The van der Waals surface area contributed by atoms with Crippen LogP contribution in [0.1, 0.15) is 12.5 Å². The Hall–Kier alpha value is -1.00. The Morgan fingerprint density at radius 3 is 2.07 bits per heavy atom. The molecule has 1 amide bonds. The van der Waals surface area contributed by atoms with Gasteiger partial charge < -0.3 is 4.55 Å². The molecule has 4 heteroatoms. The summed E-state index contributed by atoms with van der Waals surface area (Å²) in [6, 6.07) is 7.55. The monoisotopic (exact) mass is 227 g/mol. The van der Waals surface area contributed by atoms with Crippen LogP contribution in [0.4, 0.5) is 5.69 Å². The van der Waals surface area contributed by atoms with Gasteiger partial charge in [-0.1, -0.05) is 28.2 Å². The number of hydrogen-bond acceptors (Lipinski definition) is 2. The van der Waals surface area contributed by atoms with E-state index >= 15 is 0 Å². The number of hydrogen-bond donors (Lipinski definition) is 1. The van der Waals surface area contributed by atoms with Gasteiger partial charge >= 0.3 is 0 Å². The number of amides is 1. The van der Waals surface area contributed by atoms with Crippen molar-refractivity contribution in [2.45, 2.75) is 13.8 Å². The van der Waals surface area contributed by atoms with E-state index in [9.17, 15) is 9.35 Å². The third-order valence-electron chi connectivity index (χ3n) is 2.00. The number of carbonyl (C=O) groups is 1. The predicted octanol–water partition coefficient (Wildman–Crippen LogP) is 2.80. The summed E-state index contributed by atoms with van der Waals surface area (Å²) < 4.78 is 11.4. The maximum atomic E-state index is 11.5. The lowest BCUT2D eigenvalue weighted by Gasteiger charge is -2.37. The van der Waals surface area contributed by atoms with Crippen molar-refractivity contribution in [2.24, 2.45) is 0 Å². The average molecular weight is 227 g/mol. The van der Waals surface area contributed by atoms with Crippen molar-refractivity contribution in [3.05, 3.63) is 29.8 Å². The van der Waals surface area contributed by atoms with Gasteiger partial charge in [-0.3, -0.25) is 9.10 Å². The molecule has 0 aliphatic carbocycles. The van der Waals surface area contributed by atoms with Crippen LogP contribution >= 0.6 is 10.5 Å². The first-order valence-electron chi connectivity index (χ1n) is 4.65. The third kappa shape index (κ3) is 2.97. The van der Waals surface area contributed by atoms with E-state index in [0.717, 1.165) is 11.3 Å². The van der Waals surface area contributed by atoms with Crippen LogP contribution < -0.4 is 4.31 Å². The van der Waals surface area contributed by atoms with Gasteiger partial charge in [-0.25, -0.2) is 0 Å². The van der Waals surface area contributed by atoms with Crippen molar-refractivity contribution < 1.29 is 9.35 Å². The van der Waals surface area contributed by atoms with E-state index in [4.69, 9.17) is 0 Å².